The van der Waals surface area contributed by atoms with Crippen molar-refractivity contribution in [2.45, 2.75) is 6.92 Å². The summed E-state index contributed by atoms with van der Waals surface area (Å²) in [7, 11) is 0.248. The maximum atomic E-state index is 9.27. The second-order valence-corrected chi connectivity index (χ2v) is 1.34. The highest BCUT2D eigenvalue weighted by Crippen LogP contribution is 1.82. The van der Waals surface area contributed by atoms with E-state index in [0.29, 0.717) is 0 Å². The average molecular weight is 110 g/mol. The van der Waals surface area contributed by atoms with E-state index in [1.807, 2.05) is 6.92 Å². The van der Waals surface area contributed by atoms with E-state index in [4.69, 9.17) is 0 Å². The van der Waals surface area contributed by atoms with Crippen LogP contribution in [-0.2, 0) is 4.57 Å². The van der Waals surface area contributed by atoms with Gasteiger partial charge in [0.1, 0.15) is 0 Å². The summed E-state index contributed by atoms with van der Waals surface area (Å²) < 4.78 is 9.27. The monoisotopic (exact) mass is 110 g/mol. The van der Waals surface area contributed by atoms with Gasteiger partial charge >= 0.3 is 0 Å². The molecule has 4 heteroatoms. The first-order valence-electron chi connectivity index (χ1n) is 1.21. The van der Waals surface area contributed by atoms with Crippen molar-refractivity contribution in [2.24, 2.45) is 0 Å². The predicted molar refractivity (Wildman–Crippen MR) is 28.2 cm³/mol. The maximum absolute atomic E-state index is 9.27. The Kier molecular flexibility index (Phi) is 55.1. The minimum Gasteiger partial charge on any atom is -0.344 e. The van der Waals surface area contributed by atoms with Crippen molar-refractivity contribution in [2.75, 3.05) is 6.16 Å². The van der Waals surface area contributed by atoms with Crippen molar-refractivity contribution in [3.8, 4) is 0 Å². The molecule has 0 aromatic heterocycles. The van der Waals surface area contributed by atoms with Crippen LogP contribution >= 0.6 is 8.46 Å². The van der Waals surface area contributed by atoms with Gasteiger partial charge in [-0.05, 0) is 0 Å². The molecule has 6 heavy (non-hydrogen) atoms. The topological polar surface area (TPSA) is 87.1 Å². The van der Waals surface area contributed by atoms with E-state index < -0.39 is 0 Å². The zero-order valence-electron chi connectivity index (χ0n) is 3.98. The fourth-order valence-electron chi connectivity index (χ4n) is 0. The standard InChI is InChI=1S/C2H5OP.2H3N/c1-2-4-3;;/h2H2,1H3;2*1H3. The van der Waals surface area contributed by atoms with E-state index in [1.54, 1.807) is 0 Å². The summed E-state index contributed by atoms with van der Waals surface area (Å²) in [5, 5.41) is 0. The third-order valence-corrected chi connectivity index (χ3v) is 0.387. The minimum absolute atomic E-state index is 0. The van der Waals surface area contributed by atoms with Gasteiger partial charge in [0.2, 0.25) is 0 Å². The van der Waals surface area contributed by atoms with Gasteiger partial charge in [-0.3, -0.25) is 4.57 Å². The maximum Gasteiger partial charge on any atom is 0.154 e. The van der Waals surface area contributed by atoms with Crippen molar-refractivity contribution in [1.82, 2.24) is 12.3 Å². The normalized spacial score (nSPS) is 5.50. The van der Waals surface area contributed by atoms with Crippen molar-refractivity contribution < 1.29 is 4.57 Å². The summed E-state index contributed by atoms with van der Waals surface area (Å²) in [4.78, 5) is 0. The molecule has 0 aliphatic heterocycles. The molecule has 40 valence electrons. The lowest BCUT2D eigenvalue weighted by atomic mass is 11.0. The zero-order chi connectivity index (χ0) is 3.41. The molecule has 0 bridgehead atoms. The molecule has 0 spiro atoms. The van der Waals surface area contributed by atoms with Gasteiger partial charge in [-0.1, -0.05) is 6.92 Å². The van der Waals surface area contributed by atoms with E-state index in [1.165, 1.54) is 0 Å². The van der Waals surface area contributed by atoms with Crippen LogP contribution in [0.25, 0.3) is 0 Å². The number of rotatable bonds is 1. The van der Waals surface area contributed by atoms with Gasteiger partial charge in [0, 0.05) is 6.16 Å². The Labute approximate surface area is 39.5 Å². The lowest BCUT2D eigenvalue weighted by molar-refractivity contribution is 0.599. The molecule has 0 aliphatic rings. The summed E-state index contributed by atoms with van der Waals surface area (Å²) in [6.07, 6.45) is 0.736. The van der Waals surface area contributed by atoms with Gasteiger partial charge in [0.05, 0.1) is 0 Å². The van der Waals surface area contributed by atoms with Crippen molar-refractivity contribution in [1.29, 1.82) is 0 Å². The van der Waals surface area contributed by atoms with E-state index in [-0.39, 0.29) is 20.8 Å². The Balaban J connectivity index is -0.0000000450. The molecule has 0 saturated carbocycles. The van der Waals surface area contributed by atoms with Crippen LogP contribution in [-0.4, -0.2) is 6.16 Å². The Morgan fingerprint density at radius 3 is 1.67 bits per heavy atom. The second kappa shape index (κ2) is 19.9. The molecule has 0 fully saturated rings. The first-order chi connectivity index (χ1) is 1.91. The van der Waals surface area contributed by atoms with Crippen LogP contribution in [0.5, 0.6) is 0 Å². The van der Waals surface area contributed by atoms with Gasteiger partial charge in [0.15, 0.2) is 8.46 Å². The zero-order valence-corrected chi connectivity index (χ0v) is 4.87. The molecule has 0 unspecified atom stereocenters. The van der Waals surface area contributed by atoms with Crippen LogP contribution in [0.2, 0.25) is 0 Å². The van der Waals surface area contributed by atoms with E-state index in [0.717, 1.165) is 6.16 Å². The summed E-state index contributed by atoms with van der Waals surface area (Å²) >= 11 is 0. The van der Waals surface area contributed by atoms with Crippen molar-refractivity contribution in [3.05, 3.63) is 0 Å². The summed E-state index contributed by atoms with van der Waals surface area (Å²) in [6.45, 7) is 1.86. The first kappa shape index (κ1) is 16.6. The molecule has 0 amide bonds. The first-order valence-corrected chi connectivity index (χ1v) is 2.20. The SMILES string of the molecule is CCP=O.N.N. The summed E-state index contributed by atoms with van der Waals surface area (Å²) in [5.74, 6) is 0. The molecule has 3 nitrogen and oxygen atoms in total. The third-order valence-electron chi connectivity index (χ3n) is 0.129. The molecule has 0 aliphatic carbocycles. The Morgan fingerprint density at radius 1 is 1.50 bits per heavy atom. The van der Waals surface area contributed by atoms with Gasteiger partial charge in [-0.15, -0.1) is 0 Å². The van der Waals surface area contributed by atoms with Crippen LogP contribution in [0.15, 0.2) is 0 Å². The highest BCUT2D eigenvalue weighted by Gasteiger charge is 1.55. The smallest absolute Gasteiger partial charge is 0.154 e. The number of hydrogen-bond acceptors (Lipinski definition) is 3. The van der Waals surface area contributed by atoms with Crippen LogP contribution in [0, 0.1) is 0 Å². The van der Waals surface area contributed by atoms with E-state index in [2.05, 4.69) is 0 Å². The molecule has 0 atom stereocenters. The van der Waals surface area contributed by atoms with Gasteiger partial charge in [-0.2, -0.15) is 0 Å². The highest BCUT2D eigenvalue weighted by molar-refractivity contribution is 7.23. The Morgan fingerprint density at radius 2 is 1.67 bits per heavy atom. The molecular weight excluding hydrogens is 99.0 g/mol. The third kappa shape index (κ3) is 35.2. The quantitative estimate of drug-likeness (QED) is 0.502. The lowest BCUT2D eigenvalue weighted by Crippen LogP contribution is -1.39. The predicted octanol–water partition coefficient (Wildman–Crippen LogP) is 1.62. The molecule has 0 aromatic carbocycles. The number of hydrogen-bond donors (Lipinski definition) is 2. The van der Waals surface area contributed by atoms with Crippen LogP contribution in [0.4, 0.5) is 0 Å². The van der Waals surface area contributed by atoms with Crippen LogP contribution in [0.3, 0.4) is 0 Å². The Hall–Kier alpha value is 0.0200. The van der Waals surface area contributed by atoms with Gasteiger partial charge in [0.25, 0.3) is 0 Å². The lowest BCUT2D eigenvalue weighted by Gasteiger charge is -1.49. The molecule has 0 aromatic rings. The van der Waals surface area contributed by atoms with Crippen LogP contribution < -0.4 is 12.3 Å². The molecule has 0 saturated heterocycles. The summed E-state index contributed by atoms with van der Waals surface area (Å²) in [5.41, 5.74) is 0. The van der Waals surface area contributed by atoms with Crippen LogP contribution in [0.1, 0.15) is 6.92 Å². The highest BCUT2D eigenvalue weighted by atomic mass is 31.1. The molecule has 0 rings (SSSR count). The fraction of sp³-hybridized carbons (Fsp3) is 1.00. The van der Waals surface area contributed by atoms with Crippen molar-refractivity contribution in [3.63, 3.8) is 0 Å². The second-order valence-electron chi connectivity index (χ2n) is 0.445. The van der Waals surface area contributed by atoms with E-state index >= 15 is 0 Å². The molecular formula is C2H11N2OP. The van der Waals surface area contributed by atoms with E-state index in [9.17, 15) is 4.57 Å². The fourth-order valence-corrected chi connectivity index (χ4v) is 0. The van der Waals surface area contributed by atoms with Crippen molar-refractivity contribution >= 4 is 8.46 Å². The average Bonchev–Trinajstić information content (AvgIpc) is 1.37. The molecule has 6 N–H and O–H groups in total. The van der Waals surface area contributed by atoms with Gasteiger partial charge < -0.3 is 12.3 Å². The largest absolute Gasteiger partial charge is 0.344 e. The summed E-state index contributed by atoms with van der Waals surface area (Å²) in [6, 6.07) is 0. The van der Waals surface area contributed by atoms with Gasteiger partial charge in [-0.25, -0.2) is 0 Å². The minimum atomic E-state index is 0. The Bertz CT molecular complexity index is 25.5. The molecule has 0 heterocycles. The molecule has 0 radical (unpaired) electrons.